The maximum absolute atomic E-state index is 14.8. The third-order valence-corrected chi connectivity index (χ3v) is 10.9. The second-order valence-electron chi connectivity index (χ2n) is 13.0. The van der Waals surface area contributed by atoms with Crippen LogP contribution in [-0.4, -0.2) is 35.1 Å². The first-order valence-electron chi connectivity index (χ1n) is 15.9. The standard InChI is InChI=1S/C37H33N3O5/c41-31(23-14-6-3-7-15-23)38-37-22-24-16-8-1-2-13-21-36(24,27-29(37)34(44)39(32(27)42)25-17-9-4-10-18-25)28-30(37)35(45)40(33(28)43)26-19-11-5-12-20-26/h3-7,9-12,14-15,17-20,22,27-30H,1-2,8,13,16,21H2,(H,38,41)/t27-,28+,29+,30-,36?,37?. The van der Waals surface area contributed by atoms with Gasteiger partial charge in [0.25, 0.3) is 5.91 Å². The van der Waals surface area contributed by atoms with Crippen LogP contribution in [0.4, 0.5) is 11.4 Å². The second kappa shape index (κ2) is 10.1. The zero-order chi connectivity index (χ0) is 30.9. The molecule has 4 fully saturated rings. The molecule has 6 atom stereocenters. The molecule has 2 heterocycles. The highest BCUT2D eigenvalue weighted by Gasteiger charge is 2.81. The van der Waals surface area contributed by atoms with Crippen LogP contribution in [0.2, 0.25) is 0 Å². The Morgan fingerprint density at radius 1 is 0.600 bits per heavy atom. The van der Waals surface area contributed by atoms with Gasteiger partial charge in [0.15, 0.2) is 0 Å². The molecule has 9 rings (SSSR count). The van der Waals surface area contributed by atoms with Crippen LogP contribution in [0.3, 0.4) is 0 Å². The fourth-order valence-corrected chi connectivity index (χ4v) is 9.30. The van der Waals surface area contributed by atoms with E-state index in [1.807, 2.05) is 18.2 Å². The molecule has 8 nitrogen and oxygen atoms in total. The number of rotatable bonds is 4. The topological polar surface area (TPSA) is 104 Å². The summed E-state index contributed by atoms with van der Waals surface area (Å²) < 4.78 is 0. The Bertz CT molecular complexity index is 1690. The third kappa shape index (κ3) is 3.68. The number of allylic oxidation sites excluding steroid dienone is 1. The molecule has 2 saturated heterocycles. The van der Waals surface area contributed by atoms with E-state index in [4.69, 9.17) is 0 Å². The molecule has 3 aromatic carbocycles. The molecule has 4 aliphatic carbocycles. The fraction of sp³-hybridized carbons (Fsp3) is 0.324. The number of nitrogens with zero attached hydrogens (tertiary/aromatic N) is 2. The van der Waals surface area contributed by atoms with Gasteiger partial charge in [0.05, 0.1) is 40.6 Å². The van der Waals surface area contributed by atoms with Crippen molar-refractivity contribution >= 4 is 40.9 Å². The summed E-state index contributed by atoms with van der Waals surface area (Å²) in [5.74, 6) is -5.96. The summed E-state index contributed by atoms with van der Waals surface area (Å²) in [6.07, 6.45) is 6.68. The Balaban J connectivity index is 1.39. The molecular weight excluding hydrogens is 566 g/mol. The van der Waals surface area contributed by atoms with E-state index < -0.39 is 52.3 Å². The minimum absolute atomic E-state index is 0.363. The van der Waals surface area contributed by atoms with Crippen LogP contribution in [0.5, 0.6) is 0 Å². The Labute approximate surface area is 261 Å². The van der Waals surface area contributed by atoms with E-state index in [9.17, 15) is 24.0 Å². The van der Waals surface area contributed by atoms with Gasteiger partial charge in [-0.1, -0.05) is 85.5 Å². The Morgan fingerprint density at radius 2 is 1.07 bits per heavy atom. The van der Waals surface area contributed by atoms with Gasteiger partial charge in [0.2, 0.25) is 23.6 Å². The summed E-state index contributed by atoms with van der Waals surface area (Å²) in [6.45, 7) is 0. The number of benzene rings is 3. The minimum atomic E-state index is -1.58. The summed E-state index contributed by atoms with van der Waals surface area (Å²) in [5, 5.41) is 3.18. The van der Waals surface area contributed by atoms with Gasteiger partial charge >= 0.3 is 0 Å². The van der Waals surface area contributed by atoms with Crippen LogP contribution in [0.15, 0.2) is 103 Å². The second-order valence-corrected chi connectivity index (χ2v) is 13.0. The lowest BCUT2D eigenvalue weighted by Crippen LogP contribution is -2.73. The van der Waals surface area contributed by atoms with Crippen molar-refractivity contribution in [3.05, 3.63) is 108 Å². The van der Waals surface area contributed by atoms with Crippen LogP contribution < -0.4 is 15.1 Å². The zero-order valence-electron chi connectivity index (χ0n) is 24.7. The molecule has 1 spiro atoms. The monoisotopic (exact) mass is 599 g/mol. The third-order valence-electron chi connectivity index (χ3n) is 10.9. The normalized spacial score (nSPS) is 32.0. The number of para-hydroxylation sites is 2. The Kier molecular flexibility index (Phi) is 6.21. The predicted molar refractivity (Wildman–Crippen MR) is 167 cm³/mol. The van der Waals surface area contributed by atoms with Crippen LogP contribution in [0, 0.1) is 29.1 Å². The van der Waals surface area contributed by atoms with Crippen molar-refractivity contribution in [3.8, 4) is 0 Å². The molecule has 2 aliphatic heterocycles. The van der Waals surface area contributed by atoms with Gasteiger partial charge < -0.3 is 5.32 Å². The number of amides is 5. The summed E-state index contributed by atoms with van der Waals surface area (Å²) in [5.41, 5.74) is -0.407. The van der Waals surface area contributed by atoms with Crippen molar-refractivity contribution in [3.63, 3.8) is 0 Å². The lowest BCUT2D eigenvalue weighted by molar-refractivity contribution is -0.154. The van der Waals surface area contributed by atoms with Crippen molar-refractivity contribution < 1.29 is 24.0 Å². The predicted octanol–water partition coefficient (Wildman–Crippen LogP) is 5.06. The van der Waals surface area contributed by atoms with E-state index >= 15 is 0 Å². The largest absolute Gasteiger partial charge is 0.341 e. The average Bonchev–Trinajstić information content (AvgIpc) is 3.50. The summed E-state index contributed by atoms with van der Waals surface area (Å²) in [7, 11) is 0. The highest BCUT2D eigenvalue weighted by molar-refractivity contribution is 6.28. The molecule has 45 heavy (non-hydrogen) atoms. The molecule has 5 amide bonds. The first kappa shape index (κ1) is 27.7. The van der Waals surface area contributed by atoms with E-state index in [1.165, 1.54) is 9.80 Å². The van der Waals surface area contributed by atoms with Gasteiger partial charge in [0.1, 0.15) is 0 Å². The summed E-state index contributed by atoms with van der Waals surface area (Å²) in [4.78, 5) is 75.5. The zero-order valence-corrected chi connectivity index (χ0v) is 24.7. The Hall–Kier alpha value is -4.85. The van der Waals surface area contributed by atoms with Crippen molar-refractivity contribution in [2.75, 3.05) is 9.80 Å². The first-order valence-corrected chi connectivity index (χ1v) is 15.9. The van der Waals surface area contributed by atoms with Crippen LogP contribution in [0.1, 0.15) is 48.9 Å². The van der Waals surface area contributed by atoms with E-state index in [0.29, 0.717) is 29.8 Å². The highest BCUT2D eigenvalue weighted by Crippen LogP contribution is 2.70. The SMILES string of the molecule is O=C(NC12C=C3CCCCCCC3([C@@H]3C(=O)N(c4ccccc4)C(=O)[C@@H]31)[C@H]1C(=O)N(c3ccccc3)C(=O)[C@H]12)c1ccccc1. The molecule has 3 aromatic rings. The molecule has 0 radical (unpaired) electrons. The van der Waals surface area contributed by atoms with Crippen LogP contribution >= 0.6 is 0 Å². The first-order chi connectivity index (χ1) is 21.9. The van der Waals surface area contributed by atoms with Crippen molar-refractivity contribution in [1.29, 1.82) is 0 Å². The number of hydrogen-bond acceptors (Lipinski definition) is 5. The van der Waals surface area contributed by atoms with Gasteiger partial charge in [0, 0.05) is 11.0 Å². The van der Waals surface area contributed by atoms with Crippen LogP contribution in [0.25, 0.3) is 0 Å². The smallest absolute Gasteiger partial charge is 0.252 e. The van der Waals surface area contributed by atoms with E-state index in [-0.39, 0.29) is 11.8 Å². The van der Waals surface area contributed by atoms with E-state index in [1.54, 1.807) is 78.9 Å². The lowest BCUT2D eigenvalue weighted by atomic mass is 9.40. The van der Waals surface area contributed by atoms with Crippen molar-refractivity contribution in [2.24, 2.45) is 29.1 Å². The molecule has 2 bridgehead atoms. The van der Waals surface area contributed by atoms with E-state index in [2.05, 4.69) is 5.32 Å². The number of anilines is 2. The highest BCUT2D eigenvalue weighted by atomic mass is 16.2. The lowest BCUT2D eigenvalue weighted by Gasteiger charge is -2.62. The van der Waals surface area contributed by atoms with Crippen LogP contribution in [-0.2, 0) is 19.2 Å². The number of imide groups is 2. The molecule has 1 N–H and O–H groups in total. The molecule has 2 unspecified atom stereocenters. The molecule has 226 valence electrons. The maximum Gasteiger partial charge on any atom is 0.252 e. The molecule has 8 heteroatoms. The number of carbonyl (C=O) groups excluding carboxylic acids is 5. The molecule has 6 aliphatic rings. The van der Waals surface area contributed by atoms with Gasteiger partial charge in [-0.2, -0.15) is 0 Å². The minimum Gasteiger partial charge on any atom is -0.341 e. The Morgan fingerprint density at radius 3 is 1.60 bits per heavy atom. The molecule has 0 aromatic heterocycles. The van der Waals surface area contributed by atoms with Gasteiger partial charge in [-0.05, 0) is 55.7 Å². The summed E-state index contributed by atoms with van der Waals surface area (Å²) in [6, 6.07) is 26.3. The van der Waals surface area contributed by atoms with Gasteiger partial charge in [-0.3, -0.25) is 24.0 Å². The van der Waals surface area contributed by atoms with Gasteiger partial charge in [-0.25, -0.2) is 9.80 Å². The van der Waals surface area contributed by atoms with Crippen molar-refractivity contribution in [2.45, 2.75) is 44.1 Å². The fourth-order valence-electron chi connectivity index (χ4n) is 9.30. The number of hydrogen-bond donors (Lipinski definition) is 1. The number of carbonyl (C=O) groups is 5. The van der Waals surface area contributed by atoms with Gasteiger partial charge in [-0.15, -0.1) is 0 Å². The quantitative estimate of drug-likeness (QED) is 0.334. The van der Waals surface area contributed by atoms with E-state index in [0.717, 1.165) is 31.3 Å². The molecular formula is C37H33N3O5. The number of nitrogens with one attached hydrogen (secondary N) is 1. The van der Waals surface area contributed by atoms with Crippen molar-refractivity contribution in [1.82, 2.24) is 5.32 Å². The average molecular weight is 600 g/mol. The molecule has 2 saturated carbocycles. The maximum atomic E-state index is 14.8. The summed E-state index contributed by atoms with van der Waals surface area (Å²) >= 11 is 0.